The van der Waals surface area contributed by atoms with Gasteiger partial charge >= 0.3 is 0 Å². The van der Waals surface area contributed by atoms with Gasteiger partial charge < -0.3 is 4.74 Å². The summed E-state index contributed by atoms with van der Waals surface area (Å²) < 4.78 is 18.5. The smallest absolute Gasteiger partial charge is 0.165 e. The van der Waals surface area contributed by atoms with Crippen molar-refractivity contribution < 1.29 is 9.13 Å². The first-order valence-corrected chi connectivity index (χ1v) is 7.03. The van der Waals surface area contributed by atoms with Crippen LogP contribution in [0.1, 0.15) is 51.5 Å². The third kappa shape index (κ3) is 4.67. The van der Waals surface area contributed by atoms with Crippen LogP contribution in [-0.2, 0) is 6.42 Å². The van der Waals surface area contributed by atoms with Crippen LogP contribution < -0.4 is 4.74 Å². The molecule has 0 bridgehead atoms. The minimum Gasteiger partial charge on any atom is -0.494 e. The van der Waals surface area contributed by atoms with Gasteiger partial charge in [0, 0.05) is 0 Å². The molecule has 0 aliphatic carbocycles. The zero-order valence-electron chi connectivity index (χ0n) is 11.8. The summed E-state index contributed by atoms with van der Waals surface area (Å²) >= 11 is 0. The Bertz CT molecular complexity index is 349. The Kier molecular flexibility index (Phi) is 6.77. The second-order valence-electron chi connectivity index (χ2n) is 4.94. The van der Waals surface area contributed by atoms with E-state index in [-0.39, 0.29) is 5.82 Å². The molecule has 1 aromatic rings. The summed E-state index contributed by atoms with van der Waals surface area (Å²) in [6.07, 6.45) is 7.23. The van der Waals surface area contributed by atoms with Crippen molar-refractivity contribution in [1.82, 2.24) is 0 Å². The molecule has 1 rings (SSSR count). The first-order chi connectivity index (χ1) is 8.71. The van der Waals surface area contributed by atoms with Crippen molar-refractivity contribution in [3.63, 3.8) is 0 Å². The van der Waals surface area contributed by atoms with E-state index in [0.29, 0.717) is 11.7 Å². The van der Waals surface area contributed by atoms with Gasteiger partial charge in [0.05, 0.1) is 7.11 Å². The zero-order chi connectivity index (χ0) is 13.4. The molecule has 0 aliphatic heterocycles. The Balaban J connectivity index is 2.55. The van der Waals surface area contributed by atoms with Crippen LogP contribution in [0.15, 0.2) is 18.2 Å². The molecular formula is C16H25FO. The topological polar surface area (TPSA) is 9.23 Å². The molecule has 0 heterocycles. The summed E-state index contributed by atoms with van der Waals surface area (Å²) in [6.45, 7) is 4.44. The average molecular weight is 252 g/mol. The number of ether oxygens (including phenoxy) is 1. The molecule has 0 saturated carbocycles. The Morgan fingerprint density at radius 2 is 2.00 bits per heavy atom. The Morgan fingerprint density at radius 3 is 2.56 bits per heavy atom. The highest BCUT2D eigenvalue weighted by molar-refractivity contribution is 5.29. The fourth-order valence-electron chi connectivity index (χ4n) is 2.30. The van der Waals surface area contributed by atoms with Crippen LogP contribution in [0.2, 0.25) is 0 Å². The molecule has 0 amide bonds. The SMILES string of the molecule is CCCCCC(CC)Cc1ccc(OC)c(F)c1. The van der Waals surface area contributed by atoms with E-state index in [4.69, 9.17) is 4.74 Å². The Morgan fingerprint density at radius 1 is 1.22 bits per heavy atom. The molecule has 18 heavy (non-hydrogen) atoms. The van der Waals surface area contributed by atoms with Crippen LogP contribution in [0.3, 0.4) is 0 Å². The number of hydrogen-bond donors (Lipinski definition) is 0. The van der Waals surface area contributed by atoms with Crippen molar-refractivity contribution in [3.8, 4) is 5.75 Å². The molecule has 2 heteroatoms. The van der Waals surface area contributed by atoms with Crippen LogP contribution >= 0.6 is 0 Å². The van der Waals surface area contributed by atoms with Crippen molar-refractivity contribution in [2.45, 2.75) is 52.4 Å². The van der Waals surface area contributed by atoms with Crippen molar-refractivity contribution in [3.05, 3.63) is 29.6 Å². The van der Waals surface area contributed by atoms with Gasteiger partial charge in [0.15, 0.2) is 11.6 Å². The van der Waals surface area contributed by atoms with Crippen molar-refractivity contribution >= 4 is 0 Å². The van der Waals surface area contributed by atoms with Gasteiger partial charge in [-0.3, -0.25) is 0 Å². The van der Waals surface area contributed by atoms with E-state index in [1.807, 2.05) is 6.07 Å². The van der Waals surface area contributed by atoms with Gasteiger partial charge in [-0.1, -0.05) is 52.0 Å². The highest BCUT2D eigenvalue weighted by Crippen LogP contribution is 2.23. The van der Waals surface area contributed by atoms with E-state index < -0.39 is 0 Å². The molecule has 102 valence electrons. The number of hydrogen-bond acceptors (Lipinski definition) is 1. The van der Waals surface area contributed by atoms with Gasteiger partial charge in [-0.15, -0.1) is 0 Å². The number of rotatable bonds is 8. The van der Waals surface area contributed by atoms with Crippen molar-refractivity contribution in [2.75, 3.05) is 7.11 Å². The summed E-state index contributed by atoms with van der Waals surface area (Å²) in [4.78, 5) is 0. The molecule has 0 spiro atoms. The molecule has 1 atom stereocenters. The summed E-state index contributed by atoms with van der Waals surface area (Å²) in [5.41, 5.74) is 1.08. The van der Waals surface area contributed by atoms with Crippen LogP contribution in [0.25, 0.3) is 0 Å². The molecular weight excluding hydrogens is 227 g/mol. The van der Waals surface area contributed by atoms with E-state index in [2.05, 4.69) is 13.8 Å². The number of unbranched alkanes of at least 4 members (excludes halogenated alkanes) is 2. The number of halogens is 1. The van der Waals surface area contributed by atoms with Crippen molar-refractivity contribution in [2.24, 2.45) is 5.92 Å². The quantitative estimate of drug-likeness (QED) is 0.593. The minimum atomic E-state index is -0.251. The monoisotopic (exact) mass is 252 g/mol. The molecule has 1 unspecified atom stereocenters. The largest absolute Gasteiger partial charge is 0.494 e. The predicted octanol–water partition coefficient (Wildman–Crippen LogP) is 4.98. The predicted molar refractivity (Wildman–Crippen MR) is 74.6 cm³/mol. The first-order valence-electron chi connectivity index (χ1n) is 7.03. The standard InChI is InChI=1S/C16H25FO/c1-4-6-7-8-13(5-2)11-14-9-10-16(18-3)15(17)12-14/h9-10,12-13H,4-8,11H2,1-3H3. The molecule has 1 nitrogen and oxygen atoms in total. The van der Waals surface area contributed by atoms with E-state index in [0.717, 1.165) is 18.4 Å². The van der Waals surface area contributed by atoms with E-state index in [1.165, 1.54) is 32.8 Å². The van der Waals surface area contributed by atoms with Crippen LogP contribution in [-0.4, -0.2) is 7.11 Å². The van der Waals surface area contributed by atoms with Crippen LogP contribution in [0.4, 0.5) is 4.39 Å². The van der Waals surface area contributed by atoms with Gasteiger partial charge in [-0.2, -0.15) is 0 Å². The van der Waals surface area contributed by atoms with E-state index >= 15 is 0 Å². The lowest BCUT2D eigenvalue weighted by Crippen LogP contribution is -2.04. The van der Waals surface area contributed by atoms with Gasteiger partial charge in [0.25, 0.3) is 0 Å². The van der Waals surface area contributed by atoms with Crippen LogP contribution in [0, 0.1) is 11.7 Å². The maximum atomic E-state index is 13.6. The summed E-state index contributed by atoms with van der Waals surface area (Å²) in [5.74, 6) is 0.750. The Hall–Kier alpha value is -1.05. The van der Waals surface area contributed by atoms with Crippen LogP contribution in [0.5, 0.6) is 5.75 Å². The van der Waals surface area contributed by atoms with Crippen molar-refractivity contribution in [1.29, 1.82) is 0 Å². The van der Waals surface area contributed by atoms with Gasteiger partial charge in [0.1, 0.15) is 0 Å². The summed E-state index contributed by atoms with van der Waals surface area (Å²) in [7, 11) is 1.50. The zero-order valence-corrected chi connectivity index (χ0v) is 11.8. The highest BCUT2D eigenvalue weighted by Gasteiger charge is 2.09. The summed E-state index contributed by atoms with van der Waals surface area (Å²) in [5, 5.41) is 0. The number of benzene rings is 1. The Labute approximate surface area is 110 Å². The molecule has 0 aliphatic rings. The molecule has 0 N–H and O–H groups in total. The van der Waals surface area contributed by atoms with Gasteiger partial charge in [-0.25, -0.2) is 4.39 Å². The lowest BCUT2D eigenvalue weighted by atomic mass is 9.91. The third-order valence-corrected chi connectivity index (χ3v) is 3.53. The maximum absolute atomic E-state index is 13.6. The normalized spacial score (nSPS) is 12.4. The second-order valence-corrected chi connectivity index (χ2v) is 4.94. The molecule has 1 aromatic carbocycles. The second kappa shape index (κ2) is 8.12. The average Bonchev–Trinajstić information content (AvgIpc) is 2.38. The molecule has 0 fully saturated rings. The highest BCUT2D eigenvalue weighted by atomic mass is 19.1. The van der Waals surface area contributed by atoms with Gasteiger partial charge in [-0.05, 0) is 30.0 Å². The fourth-order valence-corrected chi connectivity index (χ4v) is 2.30. The lowest BCUT2D eigenvalue weighted by Gasteiger charge is -2.15. The summed E-state index contributed by atoms with van der Waals surface area (Å²) in [6, 6.07) is 5.31. The minimum absolute atomic E-state index is 0.251. The molecule has 0 radical (unpaired) electrons. The fraction of sp³-hybridized carbons (Fsp3) is 0.625. The van der Waals surface area contributed by atoms with E-state index in [1.54, 1.807) is 12.1 Å². The first kappa shape index (κ1) is 15.0. The number of methoxy groups -OCH3 is 1. The lowest BCUT2D eigenvalue weighted by molar-refractivity contribution is 0.385. The third-order valence-electron chi connectivity index (χ3n) is 3.53. The van der Waals surface area contributed by atoms with Gasteiger partial charge in [0.2, 0.25) is 0 Å². The maximum Gasteiger partial charge on any atom is 0.165 e. The van der Waals surface area contributed by atoms with E-state index in [9.17, 15) is 4.39 Å². The molecule has 0 aromatic heterocycles. The molecule has 0 saturated heterocycles.